The van der Waals surface area contributed by atoms with E-state index in [0.29, 0.717) is 5.69 Å². The number of rotatable bonds is 5. The van der Waals surface area contributed by atoms with Crippen LogP contribution in [-0.4, -0.2) is 17.0 Å². The van der Waals surface area contributed by atoms with Crippen LogP contribution in [0.5, 0.6) is 0 Å². The number of carbonyl (C=O) groups excluding carboxylic acids is 1. The van der Waals surface area contributed by atoms with Crippen molar-refractivity contribution in [2.24, 2.45) is 5.92 Å². The first kappa shape index (κ1) is 15.2. The van der Waals surface area contributed by atoms with Gasteiger partial charge in [-0.25, -0.2) is 4.79 Å². The fourth-order valence-electron chi connectivity index (χ4n) is 1.98. The third-order valence-corrected chi connectivity index (χ3v) is 3.33. The predicted molar refractivity (Wildman–Crippen MR) is 75.6 cm³/mol. The Hall–Kier alpha value is -1.84. The molecule has 0 aliphatic heterocycles. The molecule has 0 saturated heterocycles. The van der Waals surface area contributed by atoms with Crippen LogP contribution in [0.4, 0.5) is 5.69 Å². The van der Waals surface area contributed by atoms with E-state index in [1.54, 1.807) is 13.0 Å². The van der Waals surface area contributed by atoms with E-state index in [4.69, 9.17) is 5.11 Å². The molecule has 1 atom stereocenters. The maximum atomic E-state index is 11.9. The minimum atomic E-state index is -0.974. The summed E-state index contributed by atoms with van der Waals surface area (Å²) in [5.74, 6) is -1.11. The highest BCUT2D eigenvalue weighted by Crippen LogP contribution is 2.21. The lowest BCUT2D eigenvalue weighted by Gasteiger charge is -2.13. The normalized spacial score (nSPS) is 12.0. The zero-order valence-corrected chi connectivity index (χ0v) is 11.9. The molecule has 19 heavy (non-hydrogen) atoms. The maximum absolute atomic E-state index is 11.9. The standard InChI is InChI=1S/C15H21NO3/c1-5-6-9(2)14(17)16-12-7-10(3)11(4)13(8-12)15(18)19/h7-9H,5-6H2,1-4H3,(H,16,17)(H,18,19). The van der Waals surface area contributed by atoms with Gasteiger partial charge in [0.05, 0.1) is 5.56 Å². The Labute approximate surface area is 113 Å². The fourth-order valence-corrected chi connectivity index (χ4v) is 1.98. The van der Waals surface area contributed by atoms with Crippen LogP contribution in [0, 0.1) is 19.8 Å². The highest BCUT2D eigenvalue weighted by molar-refractivity contribution is 5.96. The second-order valence-electron chi connectivity index (χ2n) is 4.95. The first-order valence-corrected chi connectivity index (χ1v) is 6.52. The molecule has 4 nitrogen and oxygen atoms in total. The number of anilines is 1. The van der Waals surface area contributed by atoms with Gasteiger partial charge in [0.2, 0.25) is 5.91 Å². The molecule has 2 N–H and O–H groups in total. The maximum Gasteiger partial charge on any atom is 0.336 e. The molecule has 104 valence electrons. The van der Waals surface area contributed by atoms with E-state index in [0.717, 1.165) is 24.0 Å². The van der Waals surface area contributed by atoms with Crippen LogP contribution < -0.4 is 5.32 Å². The molecule has 0 saturated carbocycles. The number of aryl methyl sites for hydroxylation is 1. The number of benzene rings is 1. The van der Waals surface area contributed by atoms with Gasteiger partial charge in [-0.1, -0.05) is 20.3 Å². The molecule has 0 fully saturated rings. The average molecular weight is 263 g/mol. The van der Waals surface area contributed by atoms with E-state index in [-0.39, 0.29) is 17.4 Å². The lowest BCUT2D eigenvalue weighted by atomic mass is 10.0. The summed E-state index contributed by atoms with van der Waals surface area (Å²) >= 11 is 0. The molecule has 1 aromatic rings. The molecule has 0 spiro atoms. The van der Waals surface area contributed by atoms with E-state index < -0.39 is 5.97 Å². The van der Waals surface area contributed by atoms with Crippen molar-refractivity contribution in [3.8, 4) is 0 Å². The van der Waals surface area contributed by atoms with Crippen molar-refractivity contribution < 1.29 is 14.7 Å². The van der Waals surface area contributed by atoms with E-state index in [1.165, 1.54) is 6.07 Å². The van der Waals surface area contributed by atoms with Crippen molar-refractivity contribution in [3.05, 3.63) is 28.8 Å². The highest BCUT2D eigenvalue weighted by Gasteiger charge is 2.15. The number of carboxylic acids is 1. The molecule has 4 heteroatoms. The van der Waals surface area contributed by atoms with E-state index in [1.807, 2.05) is 20.8 Å². The van der Waals surface area contributed by atoms with Crippen LogP contribution >= 0.6 is 0 Å². The summed E-state index contributed by atoms with van der Waals surface area (Å²) < 4.78 is 0. The van der Waals surface area contributed by atoms with Gasteiger partial charge in [-0.3, -0.25) is 4.79 Å². The van der Waals surface area contributed by atoms with E-state index in [9.17, 15) is 9.59 Å². The van der Waals surface area contributed by atoms with Gasteiger partial charge < -0.3 is 10.4 Å². The number of hydrogen-bond acceptors (Lipinski definition) is 2. The van der Waals surface area contributed by atoms with Gasteiger partial charge >= 0.3 is 5.97 Å². The van der Waals surface area contributed by atoms with E-state index >= 15 is 0 Å². The summed E-state index contributed by atoms with van der Waals surface area (Å²) in [7, 11) is 0. The average Bonchev–Trinajstić information content (AvgIpc) is 2.33. The van der Waals surface area contributed by atoms with Gasteiger partial charge in [-0.05, 0) is 43.5 Å². The molecule has 0 aliphatic rings. The summed E-state index contributed by atoms with van der Waals surface area (Å²) in [6.07, 6.45) is 1.77. The molecule has 0 heterocycles. The topological polar surface area (TPSA) is 66.4 Å². The molecule has 1 rings (SSSR count). The summed E-state index contributed by atoms with van der Waals surface area (Å²) in [5.41, 5.74) is 2.37. The third kappa shape index (κ3) is 3.81. The summed E-state index contributed by atoms with van der Waals surface area (Å²) in [6.45, 7) is 7.51. The van der Waals surface area contributed by atoms with Gasteiger partial charge in [0, 0.05) is 11.6 Å². The molecular weight excluding hydrogens is 242 g/mol. The van der Waals surface area contributed by atoms with Crippen molar-refractivity contribution in [2.75, 3.05) is 5.32 Å². The van der Waals surface area contributed by atoms with Crippen LogP contribution in [0.2, 0.25) is 0 Å². The smallest absolute Gasteiger partial charge is 0.336 e. The van der Waals surface area contributed by atoms with Gasteiger partial charge in [-0.15, -0.1) is 0 Å². The summed E-state index contributed by atoms with van der Waals surface area (Å²) in [5, 5.41) is 11.9. The fraction of sp³-hybridized carbons (Fsp3) is 0.467. The minimum absolute atomic E-state index is 0.0681. The van der Waals surface area contributed by atoms with Crippen LogP contribution in [0.3, 0.4) is 0 Å². The largest absolute Gasteiger partial charge is 0.478 e. The number of carbonyl (C=O) groups is 2. The third-order valence-electron chi connectivity index (χ3n) is 3.33. The van der Waals surface area contributed by atoms with Crippen molar-refractivity contribution in [1.29, 1.82) is 0 Å². The molecule has 1 amide bonds. The Kier molecular flexibility index (Phi) is 5.10. The molecule has 0 aliphatic carbocycles. The number of amides is 1. The van der Waals surface area contributed by atoms with Crippen molar-refractivity contribution in [1.82, 2.24) is 0 Å². The summed E-state index contributed by atoms with van der Waals surface area (Å²) in [4.78, 5) is 23.1. The zero-order valence-electron chi connectivity index (χ0n) is 11.9. The van der Waals surface area contributed by atoms with Crippen molar-refractivity contribution in [2.45, 2.75) is 40.5 Å². The Morgan fingerprint density at radius 2 is 1.95 bits per heavy atom. The zero-order chi connectivity index (χ0) is 14.6. The first-order chi connectivity index (χ1) is 8.86. The second kappa shape index (κ2) is 6.36. The van der Waals surface area contributed by atoms with Crippen LogP contribution in [0.25, 0.3) is 0 Å². The lowest BCUT2D eigenvalue weighted by molar-refractivity contribution is -0.119. The SMILES string of the molecule is CCCC(C)C(=O)Nc1cc(C)c(C)c(C(=O)O)c1. The number of nitrogens with one attached hydrogen (secondary N) is 1. The predicted octanol–water partition coefficient (Wildman–Crippen LogP) is 3.38. The highest BCUT2D eigenvalue weighted by atomic mass is 16.4. The number of hydrogen-bond donors (Lipinski definition) is 2. The van der Waals surface area contributed by atoms with Gasteiger partial charge in [0.15, 0.2) is 0 Å². The number of aromatic carboxylic acids is 1. The van der Waals surface area contributed by atoms with Crippen LogP contribution in [-0.2, 0) is 4.79 Å². The summed E-state index contributed by atoms with van der Waals surface area (Å²) in [6, 6.07) is 3.32. The Morgan fingerprint density at radius 3 is 2.47 bits per heavy atom. The van der Waals surface area contributed by atoms with Gasteiger partial charge in [0.25, 0.3) is 0 Å². The molecule has 0 radical (unpaired) electrons. The van der Waals surface area contributed by atoms with E-state index in [2.05, 4.69) is 5.32 Å². The molecule has 0 bridgehead atoms. The molecular formula is C15H21NO3. The molecule has 1 unspecified atom stereocenters. The quantitative estimate of drug-likeness (QED) is 0.855. The Balaban J connectivity index is 2.97. The molecule has 0 aromatic heterocycles. The monoisotopic (exact) mass is 263 g/mol. The van der Waals surface area contributed by atoms with Gasteiger partial charge in [0.1, 0.15) is 0 Å². The van der Waals surface area contributed by atoms with Crippen molar-refractivity contribution >= 4 is 17.6 Å². The first-order valence-electron chi connectivity index (χ1n) is 6.52. The van der Waals surface area contributed by atoms with Crippen molar-refractivity contribution in [3.63, 3.8) is 0 Å². The Bertz CT molecular complexity index is 494. The lowest BCUT2D eigenvalue weighted by Crippen LogP contribution is -2.20. The van der Waals surface area contributed by atoms with Gasteiger partial charge in [-0.2, -0.15) is 0 Å². The molecule has 1 aromatic carbocycles. The minimum Gasteiger partial charge on any atom is -0.478 e. The second-order valence-corrected chi connectivity index (χ2v) is 4.95. The Morgan fingerprint density at radius 1 is 1.32 bits per heavy atom. The van der Waals surface area contributed by atoms with Crippen LogP contribution in [0.15, 0.2) is 12.1 Å². The number of carboxylic acid groups (broad SMARTS) is 1. The van der Waals surface area contributed by atoms with Crippen LogP contribution in [0.1, 0.15) is 48.2 Å².